The summed E-state index contributed by atoms with van der Waals surface area (Å²) in [5.41, 5.74) is 15.5. The zero-order valence-electron chi connectivity index (χ0n) is 30.5. The fourth-order valence-corrected chi connectivity index (χ4v) is 7.72. The molecule has 10 bridgehead atoms. The second kappa shape index (κ2) is 13.7. The zero-order chi connectivity index (χ0) is 37.7. The van der Waals surface area contributed by atoms with Gasteiger partial charge in [-0.15, -0.1) is 5.54 Å². The van der Waals surface area contributed by atoms with E-state index in [0.29, 0.717) is 44.7 Å². The van der Waals surface area contributed by atoms with Gasteiger partial charge in [0.2, 0.25) is 0 Å². The van der Waals surface area contributed by atoms with Crippen LogP contribution in [0, 0.1) is 11.5 Å². The van der Waals surface area contributed by atoms with Crippen LogP contribution in [0.2, 0.25) is 19.6 Å². The standard InChI is InChI=1S/C46H35BF2N4OSi/c1-55(2,3)29-28-30-14-16-33(17-15-30)44-37-21-18-34(50-37)35-19-22-38(51-35)45(31-10-6-4-7-11-31)42-26-27-43(54-42)46(32-12-8-5-9-13-32)39-23-20-36(52-39)40-24-25-41(44)53(40)47(48)49/h4-27,51-52H,1-3H3. The van der Waals surface area contributed by atoms with Gasteiger partial charge in [0.1, 0.15) is 19.2 Å². The second-order valence-corrected chi connectivity index (χ2v) is 19.4. The Balaban J connectivity index is 1.42. The van der Waals surface area contributed by atoms with Crippen LogP contribution in [-0.4, -0.2) is 34.9 Å². The van der Waals surface area contributed by atoms with Gasteiger partial charge in [0.25, 0.3) is 0 Å². The van der Waals surface area contributed by atoms with Crippen molar-refractivity contribution < 1.29 is 13.0 Å². The first-order valence-electron chi connectivity index (χ1n) is 18.2. The predicted molar refractivity (Wildman–Crippen MR) is 227 cm³/mol. The molecule has 1 aliphatic heterocycles. The zero-order valence-corrected chi connectivity index (χ0v) is 31.5. The van der Waals surface area contributed by atoms with E-state index in [1.54, 1.807) is 12.1 Å². The molecular formula is C46H35BF2N4OSi. The van der Waals surface area contributed by atoms with E-state index in [-0.39, 0.29) is 0 Å². The van der Waals surface area contributed by atoms with Crippen LogP contribution in [0.25, 0.3) is 89.8 Å². The Kier molecular flexibility index (Phi) is 8.48. The molecule has 0 aliphatic carbocycles. The van der Waals surface area contributed by atoms with Crippen LogP contribution in [0.4, 0.5) is 8.63 Å². The van der Waals surface area contributed by atoms with Gasteiger partial charge in [-0.05, 0) is 89.5 Å². The largest absolute Gasteiger partial charge is 0.678 e. The minimum Gasteiger partial charge on any atom is -0.456 e. The molecule has 9 heteroatoms. The van der Waals surface area contributed by atoms with Crippen LogP contribution in [0.1, 0.15) is 17.0 Å². The predicted octanol–water partition coefficient (Wildman–Crippen LogP) is 12.5. The summed E-state index contributed by atoms with van der Waals surface area (Å²) in [6, 6.07) is 43.2. The summed E-state index contributed by atoms with van der Waals surface area (Å²) in [5.74, 6) is 3.31. The van der Waals surface area contributed by atoms with E-state index in [4.69, 9.17) is 9.40 Å². The second-order valence-electron chi connectivity index (χ2n) is 14.6. The van der Waals surface area contributed by atoms with Crippen molar-refractivity contribution >= 4 is 71.9 Å². The Bertz CT molecular complexity index is 3000. The molecule has 3 aromatic carbocycles. The number of hydrogen-bond donors (Lipinski definition) is 2. The summed E-state index contributed by atoms with van der Waals surface area (Å²) in [6.07, 6.45) is 3.82. The summed E-state index contributed by atoms with van der Waals surface area (Å²) in [7, 11) is -4.44. The summed E-state index contributed by atoms with van der Waals surface area (Å²) in [4.78, 5) is 12.2. The maximum Gasteiger partial charge on any atom is 0.678 e. The summed E-state index contributed by atoms with van der Waals surface area (Å²) in [5, 5.41) is 0. The highest BCUT2D eigenvalue weighted by Crippen LogP contribution is 2.37. The maximum absolute atomic E-state index is 15.5. The third-order valence-electron chi connectivity index (χ3n) is 9.71. The van der Waals surface area contributed by atoms with Crippen LogP contribution < -0.4 is 0 Å². The molecule has 5 nitrogen and oxygen atoms in total. The number of nitrogens with one attached hydrogen (secondary N) is 2. The summed E-state index contributed by atoms with van der Waals surface area (Å²) < 4.78 is 38.8. The van der Waals surface area contributed by atoms with Crippen molar-refractivity contribution in [2.45, 2.75) is 19.6 Å². The van der Waals surface area contributed by atoms with Gasteiger partial charge in [-0.2, -0.15) is 0 Å². The van der Waals surface area contributed by atoms with Crippen LogP contribution in [0.5, 0.6) is 0 Å². The SMILES string of the molecule is C[Si](C)(C)C#Cc1ccc(-c2c3nc(c4ccc([nH]4)c(-c4ccccc4)c4ccc(o4)c(-c4ccccc4)c4ccc([nH]4)c4ccc2n4B(F)F)C=C3)cc1. The van der Waals surface area contributed by atoms with E-state index in [2.05, 4.69) is 53.2 Å². The van der Waals surface area contributed by atoms with Crippen molar-refractivity contribution in [1.29, 1.82) is 0 Å². The number of H-pyrrole nitrogens is 2. The molecule has 0 spiro atoms. The molecule has 2 N–H and O–H groups in total. The summed E-state index contributed by atoms with van der Waals surface area (Å²) >= 11 is 0. The van der Waals surface area contributed by atoms with Crippen molar-refractivity contribution in [3.05, 3.63) is 150 Å². The smallest absolute Gasteiger partial charge is 0.456 e. The summed E-state index contributed by atoms with van der Waals surface area (Å²) in [6.45, 7) is 6.61. The Morgan fingerprint density at radius 3 is 1.69 bits per heavy atom. The van der Waals surface area contributed by atoms with Crippen molar-refractivity contribution in [3.63, 3.8) is 0 Å². The molecule has 0 atom stereocenters. The number of nitrogens with zero attached hydrogens (tertiary/aromatic N) is 2. The molecular weight excluding hydrogens is 701 g/mol. The fourth-order valence-electron chi connectivity index (χ4n) is 7.20. The monoisotopic (exact) mass is 736 g/mol. The molecule has 55 heavy (non-hydrogen) atoms. The molecule has 0 amide bonds. The lowest BCUT2D eigenvalue weighted by molar-refractivity contribution is 0.639. The van der Waals surface area contributed by atoms with E-state index in [1.807, 2.05) is 121 Å². The number of benzene rings is 3. The van der Waals surface area contributed by atoms with E-state index in [0.717, 1.165) is 54.4 Å². The Labute approximate surface area is 318 Å². The van der Waals surface area contributed by atoms with Gasteiger partial charge in [-0.3, -0.25) is 8.63 Å². The first-order valence-corrected chi connectivity index (χ1v) is 21.7. The topological polar surface area (TPSA) is 62.5 Å². The van der Waals surface area contributed by atoms with Crippen molar-refractivity contribution in [2.75, 3.05) is 0 Å². The van der Waals surface area contributed by atoms with Crippen molar-refractivity contribution in [2.24, 2.45) is 0 Å². The minimum absolute atomic E-state index is 0.348. The average Bonchev–Trinajstić information content (AvgIpc) is 4.04. The van der Waals surface area contributed by atoms with E-state index in [9.17, 15) is 0 Å². The van der Waals surface area contributed by atoms with Crippen molar-refractivity contribution in [1.82, 2.24) is 19.4 Å². The van der Waals surface area contributed by atoms with E-state index in [1.165, 1.54) is 0 Å². The first kappa shape index (κ1) is 34.2. The van der Waals surface area contributed by atoms with Gasteiger partial charge in [0.15, 0.2) is 0 Å². The lowest BCUT2D eigenvalue weighted by Crippen LogP contribution is -2.16. The molecule has 0 saturated heterocycles. The third-order valence-corrected chi connectivity index (χ3v) is 10.6. The van der Waals surface area contributed by atoms with Gasteiger partial charge in [-0.1, -0.05) is 98.4 Å². The Morgan fingerprint density at radius 2 is 1.09 bits per heavy atom. The molecule has 0 unspecified atom stereocenters. The fraction of sp³-hybridized carbons (Fsp3) is 0.0652. The molecule has 266 valence electrons. The molecule has 5 aromatic heterocycles. The molecule has 1 aliphatic rings. The van der Waals surface area contributed by atoms with Crippen molar-refractivity contribution in [3.8, 4) is 44.8 Å². The number of aromatic amines is 2. The molecule has 0 saturated carbocycles. The molecule has 0 radical (unpaired) electrons. The Morgan fingerprint density at radius 1 is 0.564 bits per heavy atom. The van der Waals surface area contributed by atoms with Gasteiger partial charge in [0, 0.05) is 27.8 Å². The van der Waals surface area contributed by atoms with Gasteiger partial charge in [0.05, 0.1) is 39.0 Å². The quantitative estimate of drug-likeness (QED) is 0.140. The van der Waals surface area contributed by atoms with Crippen LogP contribution in [0.3, 0.4) is 0 Å². The maximum atomic E-state index is 15.5. The molecule has 8 aromatic rings. The van der Waals surface area contributed by atoms with E-state index >= 15 is 8.63 Å². The number of furan rings is 1. The highest BCUT2D eigenvalue weighted by Gasteiger charge is 2.24. The van der Waals surface area contributed by atoms with Gasteiger partial charge in [-0.25, -0.2) is 4.98 Å². The highest BCUT2D eigenvalue weighted by atomic mass is 28.3. The van der Waals surface area contributed by atoms with Gasteiger partial charge >= 0.3 is 7.40 Å². The molecule has 9 rings (SSSR count). The highest BCUT2D eigenvalue weighted by molar-refractivity contribution is 6.83. The lowest BCUT2D eigenvalue weighted by Gasteiger charge is -2.09. The van der Waals surface area contributed by atoms with E-state index < -0.39 is 15.5 Å². The van der Waals surface area contributed by atoms with Crippen LogP contribution in [-0.2, 0) is 0 Å². The molecule has 6 heterocycles. The lowest BCUT2D eigenvalue weighted by atomic mass is 10.0. The van der Waals surface area contributed by atoms with Crippen LogP contribution in [0.15, 0.2) is 138 Å². The average molecular weight is 737 g/mol. The number of rotatable bonds is 4. The minimum atomic E-state index is -2.84. The number of hydrogen-bond acceptors (Lipinski definition) is 2. The third kappa shape index (κ3) is 6.51. The number of aromatic nitrogens is 4. The van der Waals surface area contributed by atoms with Crippen LogP contribution >= 0.6 is 0 Å². The number of fused-ring (bicyclic) bond motifs is 12. The number of halogens is 2. The molecule has 0 fully saturated rings. The first-order chi connectivity index (χ1) is 26.7. The van der Waals surface area contributed by atoms with Gasteiger partial charge < -0.3 is 18.9 Å². The Hall–Kier alpha value is -6.63. The normalized spacial score (nSPS) is 11.9.